The second-order valence-corrected chi connectivity index (χ2v) is 49.5. The fourth-order valence-corrected chi connectivity index (χ4v) is 93.7. The largest absolute Gasteiger partial charge is 1.00 e. The molecule has 0 spiro atoms. The number of ether oxygens (including phenoxy) is 3. The predicted octanol–water partition coefficient (Wildman–Crippen LogP) is 3.61. The molecule has 0 fully saturated rings. The zero-order chi connectivity index (χ0) is 45.4. The average Bonchev–Trinajstić information content (AvgIpc) is 3.16. The second kappa shape index (κ2) is 20.8. The Bertz CT molecular complexity index is 1760. The van der Waals surface area contributed by atoms with E-state index in [9.17, 15) is 13.2 Å². The van der Waals surface area contributed by atoms with Gasteiger partial charge >= 0.3 is 51.4 Å². The minimum absolute atomic E-state index is 0. The van der Waals surface area contributed by atoms with Crippen LogP contribution in [0.25, 0.3) is 0 Å². The van der Waals surface area contributed by atoms with Crippen LogP contribution >= 0.6 is 0 Å². The fraction of sp³-hybridized carbons (Fsp3) is 0.455. The van der Waals surface area contributed by atoms with Gasteiger partial charge in [0.05, 0.1) is 39.6 Å². The van der Waals surface area contributed by atoms with Gasteiger partial charge in [0.2, 0.25) is 0 Å². The van der Waals surface area contributed by atoms with Crippen LogP contribution in [0.1, 0.15) is 0 Å². The molecule has 6 nitrogen and oxygen atoms in total. The Labute approximate surface area is 381 Å². The topological polar surface area (TPSA) is 55.4 Å². The first kappa shape index (κ1) is 55.1. The van der Waals surface area contributed by atoms with E-state index in [1.165, 1.54) is 0 Å². The van der Waals surface area contributed by atoms with E-state index in [1.54, 1.807) is 0 Å². The van der Waals surface area contributed by atoms with E-state index in [0.29, 0.717) is 0 Å². The minimum atomic E-state index is -6.17. The third-order valence-corrected chi connectivity index (χ3v) is 76.2. The van der Waals surface area contributed by atoms with E-state index in [4.69, 9.17) is 27.5 Å². The molecular weight excluding hydrogens is 940 g/mol. The van der Waals surface area contributed by atoms with Crippen LogP contribution in [0.5, 0.6) is 0 Å². The first-order chi connectivity index (χ1) is 27.2. The van der Waals surface area contributed by atoms with E-state index in [0.717, 1.165) is 60.6 Å². The summed E-state index contributed by atoms with van der Waals surface area (Å²) in [6, 6.07) is 0. The molecule has 3 aromatic rings. The maximum atomic E-state index is 17.1. The zero-order valence-electron chi connectivity index (χ0n) is 33.9. The Hall–Kier alpha value is -1.06. The normalized spacial score (nSPS) is 13.0. The second-order valence-electron chi connectivity index (χ2n) is 14.7. The number of hydrogen-bond donors (Lipinski definition) is 0. The first-order valence-electron chi connectivity index (χ1n) is 17.3. The van der Waals surface area contributed by atoms with Gasteiger partial charge in [-0.2, -0.15) is 0 Å². The van der Waals surface area contributed by atoms with Crippen LogP contribution in [-0.2, 0) is 27.5 Å². The first-order valence-corrected chi connectivity index (χ1v) is 31.1. The molecule has 332 valence electrons. The molecule has 27 heteroatoms. The summed E-state index contributed by atoms with van der Waals surface area (Å²) in [5, 5.41) is 0. The molecule has 3 rings (SSSR count). The number of methoxy groups -OCH3 is 3. The van der Waals surface area contributed by atoms with Crippen molar-refractivity contribution in [3.05, 3.63) is 87.3 Å². The molecule has 0 radical (unpaired) electrons. The molecule has 0 aromatic heterocycles. The Morgan fingerprint density at radius 2 is 0.483 bits per heavy atom. The molecule has 0 N–H and O–H groups in total. The van der Waals surface area contributed by atoms with Crippen molar-refractivity contribution < 1.29 is 145 Å². The van der Waals surface area contributed by atoms with Crippen molar-refractivity contribution in [3.8, 4) is 0 Å². The van der Waals surface area contributed by atoms with Gasteiger partial charge in [0.25, 0.3) is 0 Å². The van der Waals surface area contributed by atoms with Crippen LogP contribution < -0.4 is 67.8 Å². The summed E-state index contributed by atoms with van der Waals surface area (Å²) >= 11 is 0. The molecule has 0 atom stereocenters. The third kappa shape index (κ3) is 8.72. The molecule has 0 amide bonds. The Kier molecular flexibility index (Phi) is 19.1. The molecular formula is C33H39BF15KO6Si4. The van der Waals surface area contributed by atoms with Crippen LogP contribution in [0.2, 0.25) is 39.3 Å². The summed E-state index contributed by atoms with van der Waals surface area (Å²) in [4.78, 5) is 0. The number of halogens is 15. The van der Waals surface area contributed by atoms with E-state index in [-0.39, 0.29) is 51.4 Å². The molecule has 0 aliphatic heterocycles. The molecule has 0 heterocycles. The van der Waals surface area contributed by atoms with Crippen LogP contribution in [-0.4, -0.2) is 96.7 Å². The Morgan fingerprint density at radius 3 is 0.650 bits per heavy atom. The molecule has 0 aliphatic carbocycles. The molecule has 0 saturated heterocycles. The van der Waals surface area contributed by atoms with Crippen molar-refractivity contribution in [1.29, 1.82) is 0 Å². The molecule has 0 unspecified atom stereocenters. The maximum Gasteiger partial charge on any atom is 1.00 e. The monoisotopic (exact) mass is 978 g/mol. The average molecular weight is 979 g/mol. The van der Waals surface area contributed by atoms with Gasteiger partial charge in [-0.3, -0.25) is 0 Å². The molecule has 0 saturated carbocycles. The summed E-state index contributed by atoms with van der Waals surface area (Å²) in [6.45, 7) is -3.09. The fourth-order valence-electron chi connectivity index (χ4n) is 9.31. The maximum absolute atomic E-state index is 17.1. The summed E-state index contributed by atoms with van der Waals surface area (Å²) in [6.07, 6.45) is 0. The quantitative estimate of drug-likeness (QED) is 0.0603. The summed E-state index contributed by atoms with van der Waals surface area (Å²) in [5.41, 5.74) is -14.2. The minimum Gasteiger partial charge on any atom is -0.421 e. The molecule has 3 aromatic carbocycles. The number of rotatable bonds is 19. The van der Waals surface area contributed by atoms with Gasteiger partial charge in [-0.15, -0.1) is 16.4 Å². The molecule has 0 bridgehead atoms. The van der Waals surface area contributed by atoms with E-state index >= 15 is 52.7 Å². The number of benzene rings is 3. The zero-order valence-corrected chi connectivity index (χ0v) is 41.1. The van der Waals surface area contributed by atoms with Crippen LogP contribution in [0.15, 0.2) is 0 Å². The Morgan fingerprint density at radius 1 is 0.317 bits per heavy atom. The van der Waals surface area contributed by atoms with Crippen molar-refractivity contribution in [2.45, 2.75) is 39.3 Å². The van der Waals surface area contributed by atoms with Crippen molar-refractivity contribution >= 4 is 52.1 Å². The predicted molar refractivity (Wildman–Crippen MR) is 195 cm³/mol. The van der Waals surface area contributed by atoms with Gasteiger partial charge < -0.3 is 27.5 Å². The van der Waals surface area contributed by atoms with Crippen LogP contribution in [0.4, 0.5) is 65.9 Å². The number of hydrogen-bond acceptors (Lipinski definition) is 6. The van der Waals surface area contributed by atoms with Crippen molar-refractivity contribution in [2.75, 3.05) is 61.0 Å². The summed E-state index contributed by atoms with van der Waals surface area (Å²) in [5.74, 6) is -46.1. The summed E-state index contributed by atoms with van der Waals surface area (Å²) < 4.78 is 277. The van der Waals surface area contributed by atoms with E-state index < -0.39 is 179 Å². The van der Waals surface area contributed by atoms with E-state index in [1.807, 2.05) is 0 Å². The van der Waals surface area contributed by atoms with Crippen molar-refractivity contribution in [1.82, 2.24) is 0 Å². The standard InChI is InChI=1S/C33H39BF15O6Si4.K/c1-50-10-13-53-56(4,5)59(57(6,7)54-14-11-51-2,58(8,9)55-15-12-52-3)34(16-19(35)25(41)31(47)26(42)20(16)36,17-21(37)27(43)32(48)28(44)22(17)38)18-23(39)29(45)33(49)30(46)24(18)40;/h10-15H2,1-9H3;/q-1;+1. The van der Waals surface area contributed by atoms with Gasteiger partial charge in [-0.1, -0.05) is 39.3 Å². The van der Waals surface area contributed by atoms with Gasteiger partial charge in [0.15, 0.2) is 52.4 Å². The van der Waals surface area contributed by atoms with Gasteiger partial charge in [0.1, 0.15) is 64.1 Å². The van der Waals surface area contributed by atoms with Crippen molar-refractivity contribution in [2.24, 2.45) is 0 Å². The van der Waals surface area contributed by atoms with E-state index in [2.05, 4.69) is 0 Å². The Balaban J connectivity index is 0.0000124. The third-order valence-electron chi connectivity index (χ3n) is 10.8. The summed E-state index contributed by atoms with van der Waals surface area (Å²) in [7, 11) is -11.6. The van der Waals surface area contributed by atoms with Crippen LogP contribution in [0.3, 0.4) is 0 Å². The molecule has 0 aliphatic rings. The SMILES string of the molecule is COCCO[Si](C)(C)[Si]([B-](c1c(F)c(F)c(F)c(F)c1F)(c1c(F)c(F)c(F)c(F)c1F)c1c(F)c(F)c(F)c(F)c1F)([Si](C)(C)OCCOC)[Si](C)(C)OCCOC.[K+]. The van der Waals surface area contributed by atoms with Crippen molar-refractivity contribution in [3.63, 3.8) is 0 Å². The molecule has 60 heavy (non-hydrogen) atoms. The smallest absolute Gasteiger partial charge is 0.421 e. The van der Waals surface area contributed by atoms with Crippen LogP contribution in [0, 0.1) is 87.3 Å². The van der Waals surface area contributed by atoms with Gasteiger partial charge in [-0.05, 0) is 0 Å². The van der Waals surface area contributed by atoms with Gasteiger partial charge in [-0.25, -0.2) is 65.9 Å². The van der Waals surface area contributed by atoms with Gasteiger partial charge in [0, 0.05) is 27.8 Å².